The number of nitrogens with one attached hydrogen (secondary N) is 1. The standard InChI is InChI=1S/C20H24ClN5O/c1-4-22-20(26(3)14-17-10-16(21)13-25(17)2)24-12-19-23-11-18(27-19)15-8-6-5-7-9-15/h5-11,13H,4,12,14H2,1-3H3,(H,22,24). The van der Waals surface area contributed by atoms with Crippen molar-refractivity contribution in [2.45, 2.75) is 20.0 Å². The minimum Gasteiger partial charge on any atom is -0.439 e. The second-order valence-electron chi connectivity index (χ2n) is 6.27. The summed E-state index contributed by atoms with van der Waals surface area (Å²) in [6.07, 6.45) is 3.63. The van der Waals surface area contributed by atoms with E-state index < -0.39 is 0 Å². The molecule has 0 aliphatic rings. The van der Waals surface area contributed by atoms with E-state index in [2.05, 4.69) is 20.2 Å². The summed E-state index contributed by atoms with van der Waals surface area (Å²) in [5.74, 6) is 2.12. The Hall–Kier alpha value is -2.73. The monoisotopic (exact) mass is 385 g/mol. The first kappa shape index (κ1) is 19.0. The lowest BCUT2D eigenvalue weighted by molar-refractivity contribution is 0.456. The van der Waals surface area contributed by atoms with Crippen LogP contribution in [-0.4, -0.2) is 34.0 Å². The van der Waals surface area contributed by atoms with Crippen LogP contribution in [0.25, 0.3) is 11.3 Å². The fourth-order valence-corrected chi connectivity index (χ4v) is 3.04. The van der Waals surface area contributed by atoms with E-state index in [4.69, 9.17) is 16.0 Å². The Labute approximate surface area is 164 Å². The highest BCUT2D eigenvalue weighted by Crippen LogP contribution is 2.20. The van der Waals surface area contributed by atoms with E-state index in [1.54, 1.807) is 6.20 Å². The molecule has 0 radical (unpaired) electrons. The van der Waals surface area contributed by atoms with Crippen molar-refractivity contribution in [1.82, 2.24) is 19.8 Å². The maximum absolute atomic E-state index is 6.08. The molecule has 0 atom stereocenters. The van der Waals surface area contributed by atoms with E-state index in [0.29, 0.717) is 19.0 Å². The molecule has 27 heavy (non-hydrogen) atoms. The lowest BCUT2D eigenvalue weighted by Crippen LogP contribution is -2.38. The number of oxazole rings is 1. The summed E-state index contributed by atoms with van der Waals surface area (Å²) >= 11 is 6.08. The lowest BCUT2D eigenvalue weighted by atomic mass is 10.2. The summed E-state index contributed by atoms with van der Waals surface area (Å²) in [4.78, 5) is 11.1. The Bertz CT molecular complexity index is 900. The number of benzene rings is 1. The Kier molecular flexibility index (Phi) is 6.19. The van der Waals surface area contributed by atoms with E-state index in [0.717, 1.165) is 34.5 Å². The summed E-state index contributed by atoms with van der Waals surface area (Å²) in [7, 11) is 3.98. The van der Waals surface area contributed by atoms with Crippen LogP contribution in [0.2, 0.25) is 5.02 Å². The molecule has 0 saturated carbocycles. The molecule has 1 N–H and O–H groups in total. The first-order valence-corrected chi connectivity index (χ1v) is 9.25. The van der Waals surface area contributed by atoms with Crippen LogP contribution in [0.1, 0.15) is 18.5 Å². The van der Waals surface area contributed by atoms with Gasteiger partial charge in [0.25, 0.3) is 0 Å². The molecule has 0 fully saturated rings. The van der Waals surface area contributed by atoms with Crippen LogP contribution in [-0.2, 0) is 20.1 Å². The third-order valence-electron chi connectivity index (χ3n) is 4.15. The number of halogens is 1. The molecule has 0 spiro atoms. The lowest BCUT2D eigenvalue weighted by Gasteiger charge is -2.22. The second-order valence-corrected chi connectivity index (χ2v) is 6.71. The molecule has 0 aliphatic heterocycles. The van der Waals surface area contributed by atoms with Crippen molar-refractivity contribution >= 4 is 17.6 Å². The molecule has 0 bridgehead atoms. The molecule has 1 aromatic carbocycles. The Morgan fingerprint density at radius 2 is 2.11 bits per heavy atom. The van der Waals surface area contributed by atoms with Crippen molar-refractivity contribution < 1.29 is 4.42 Å². The minimum atomic E-state index is 0.368. The smallest absolute Gasteiger partial charge is 0.216 e. The second kappa shape index (κ2) is 8.77. The third-order valence-corrected chi connectivity index (χ3v) is 4.35. The van der Waals surface area contributed by atoms with Crippen LogP contribution in [0.4, 0.5) is 0 Å². The quantitative estimate of drug-likeness (QED) is 0.516. The van der Waals surface area contributed by atoms with Crippen LogP contribution < -0.4 is 5.32 Å². The van der Waals surface area contributed by atoms with Gasteiger partial charge in [-0.25, -0.2) is 9.98 Å². The molecular formula is C20H24ClN5O. The van der Waals surface area contributed by atoms with Gasteiger partial charge in [-0.05, 0) is 13.0 Å². The van der Waals surface area contributed by atoms with Crippen LogP contribution in [0.5, 0.6) is 0 Å². The van der Waals surface area contributed by atoms with E-state index >= 15 is 0 Å². The minimum absolute atomic E-state index is 0.368. The molecule has 0 saturated heterocycles. The van der Waals surface area contributed by atoms with Crippen molar-refractivity contribution in [2.24, 2.45) is 12.0 Å². The van der Waals surface area contributed by atoms with Gasteiger partial charge in [0.05, 0.1) is 17.8 Å². The van der Waals surface area contributed by atoms with Crippen LogP contribution in [0.3, 0.4) is 0 Å². The maximum Gasteiger partial charge on any atom is 0.216 e. The number of aromatic nitrogens is 2. The zero-order chi connectivity index (χ0) is 19.2. The maximum atomic E-state index is 6.08. The van der Waals surface area contributed by atoms with Crippen molar-refractivity contribution in [3.63, 3.8) is 0 Å². The van der Waals surface area contributed by atoms with Gasteiger partial charge in [-0.15, -0.1) is 0 Å². The number of aliphatic imine (C=N–C) groups is 1. The van der Waals surface area contributed by atoms with Crippen molar-refractivity contribution in [1.29, 1.82) is 0 Å². The topological polar surface area (TPSA) is 58.6 Å². The van der Waals surface area contributed by atoms with E-state index in [1.807, 2.05) is 68.2 Å². The highest BCUT2D eigenvalue weighted by atomic mass is 35.5. The molecule has 0 aliphatic carbocycles. The number of hydrogen-bond acceptors (Lipinski definition) is 3. The first-order chi connectivity index (χ1) is 13.1. The number of guanidine groups is 1. The predicted molar refractivity (Wildman–Crippen MR) is 109 cm³/mol. The molecule has 7 heteroatoms. The molecular weight excluding hydrogens is 362 g/mol. The van der Waals surface area contributed by atoms with Gasteiger partial charge in [0.1, 0.15) is 6.54 Å². The number of rotatable bonds is 6. The molecule has 2 aromatic heterocycles. The SMILES string of the molecule is CCNC(=NCc1ncc(-c2ccccc2)o1)N(C)Cc1cc(Cl)cn1C. The van der Waals surface area contributed by atoms with Crippen LogP contribution in [0.15, 0.2) is 58.2 Å². The van der Waals surface area contributed by atoms with Crippen molar-refractivity contribution in [3.8, 4) is 11.3 Å². The van der Waals surface area contributed by atoms with Crippen molar-refractivity contribution in [3.05, 3.63) is 65.4 Å². The highest BCUT2D eigenvalue weighted by molar-refractivity contribution is 6.30. The third kappa shape index (κ3) is 4.92. The molecule has 142 valence electrons. The van der Waals surface area contributed by atoms with E-state index in [1.165, 1.54) is 0 Å². The number of hydrogen-bond donors (Lipinski definition) is 1. The van der Waals surface area contributed by atoms with Gasteiger partial charge in [0.15, 0.2) is 11.7 Å². The van der Waals surface area contributed by atoms with Crippen LogP contribution >= 0.6 is 11.6 Å². The van der Waals surface area contributed by atoms with Gasteiger partial charge in [0, 0.05) is 38.1 Å². The first-order valence-electron chi connectivity index (χ1n) is 8.87. The number of aryl methyl sites for hydroxylation is 1. The summed E-state index contributed by atoms with van der Waals surface area (Å²) in [5, 5.41) is 4.03. The molecule has 0 unspecified atom stereocenters. The molecule has 2 heterocycles. The zero-order valence-electron chi connectivity index (χ0n) is 15.8. The normalized spacial score (nSPS) is 11.6. The van der Waals surface area contributed by atoms with Gasteiger partial charge in [-0.3, -0.25) is 0 Å². The Morgan fingerprint density at radius 3 is 2.78 bits per heavy atom. The fraction of sp³-hybridized carbons (Fsp3) is 0.300. The van der Waals surface area contributed by atoms with Crippen LogP contribution in [0, 0.1) is 0 Å². The summed E-state index contributed by atoms with van der Waals surface area (Å²) in [6, 6.07) is 11.9. The predicted octanol–water partition coefficient (Wildman–Crippen LogP) is 3.93. The summed E-state index contributed by atoms with van der Waals surface area (Å²) < 4.78 is 7.85. The average Bonchev–Trinajstić information content (AvgIpc) is 3.25. The van der Waals surface area contributed by atoms with E-state index in [9.17, 15) is 0 Å². The van der Waals surface area contributed by atoms with Gasteiger partial charge >= 0.3 is 0 Å². The average molecular weight is 386 g/mol. The van der Waals surface area contributed by atoms with E-state index in [-0.39, 0.29) is 0 Å². The van der Waals surface area contributed by atoms with Gasteiger partial charge < -0.3 is 19.2 Å². The Balaban J connectivity index is 1.70. The molecule has 0 amide bonds. The fourth-order valence-electron chi connectivity index (χ4n) is 2.77. The largest absolute Gasteiger partial charge is 0.439 e. The highest BCUT2D eigenvalue weighted by Gasteiger charge is 2.11. The summed E-state index contributed by atoms with van der Waals surface area (Å²) in [6.45, 7) is 3.88. The summed E-state index contributed by atoms with van der Waals surface area (Å²) in [5.41, 5.74) is 2.11. The zero-order valence-corrected chi connectivity index (χ0v) is 16.6. The van der Waals surface area contributed by atoms with Gasteiger partial charge in [-0.2, -0.15) is 0 Å². The van der Waals surface area contributed by atoms with Gasteiger partial charge in [-0.1, -0.05) is 41.9 Å². The van der Waals surface area contributed by atoms with Gasteiger partial charge in [0.2, 0.25) is 5.89 Å². The number of nitrogens with zero attached hydrogens (tertiary/aromatic N) is 4. The Morgan fingerprint density at radius 1 is 1.33 bits per heavy atom. The van der Waals surface area contributed by atoms with Crippen molar-refractivity contribution in [2.75, 3.05) is 13.6 Å². The molecule has 3 rings (SSSR count). The molecule has 6 nitrogen and oxygen atoms in total. The molecule has 3 aromatic rings.